The highest BCUT2D eigenvalue weighted by molar-refractivity contribution is 7.89. The molecular weight excluding hydrogens is 442 g/mol. The molecule has 0 aliphatic heterocycles. The fraction of sp³-hybridized carbons (Fsp3) is 0.125. The number of carbonyl (C=O) groups is 2. The number of benzene rings is 3. The van der Waals surface area contributed by atoms with Gasteiger partial charge in [-0.25, -0.2) is 23.4 Å². The Morgan fingerprint density at radius 3 is 2.06 bits per heavy atom. The van der Waals surface area contributed by atoms with Crippen LogP contribution in [0.15, 0.2) is 82.8 Å². The number of hydrazone groups is 1. The Kier molecular flexibility index (Phi) is 7.70. The molecule has 3 rings (SSSR count). The number of hydrogen-bond acceptors (Lipinski definition) is 6. The minimum Gasteiger partial charge on any atom is -0.423 e. The molecule has 0 radical (unpaired) electrons. The molecule has 9 heteroatoms. The Labute approximate surface area is 192 Å². The van der Waals surface area contributed by atoms with E-state index in [1.165, 1.54) is 18.3 Å². The lowest BCUT2D eigenvalue weighted by Crippen LogP contribution is -2.34. The van der Waals surface area contributed by atoms with Crippen LogP contribution in [0.2, 0.25) is 0 Å². The number of nitrogens with one attached hydrogen (secondary N) is 2. The maximum absolute atomic E-state index is 12.2. The Morgan fingerprint density at radius 2 is 1.45 bits per heavy atom. The third-order valence-electron chi connectivity index (χ3n) is 4.53. The predicted molar refractivity (Wildman–Crippen MR) is 125 cm³/mol. The van der Waals surface area contributed by atoms with E-state index >= 15 is 0 Å². The molecule has 1 amide bonds. The molecule has 0 atom stereocenters. The molecule has 0 unspecified atom stereocenters. The van der Waals surface area contributed by atoms with Crippen LogP contribution >= 0.6 is 0 Å². The van der Waals surface area contributed by atoms with Gasteiger partial charge in [-0.05, 0) is 67.9 Å². The van der Waals surface area contributed by atoms with Crippen molar-refractivity contribution in [3.8, 4) is 5.75 Å². The number of sulfonamides is 1. The van der Waals surface area contributed by atoms with Gasteiger partial charge in [0, 0.05) is 0 Å². The fourth-order valence-corrected chi connectivity index (χ4v) is 3.64. The summed E-state index contributed by atoms with van der Waals surface area (Å²) >= 11 is 0. The van der Waals surface area contributed by atoms with Crippen LogP contribution in [0.25, 0.3) is 0 Å². The molecule has 0 aromatic heterocycles. The van der Waals surface area contributed by atoms with Crippen molar-refractivity contribution in [3.05, 3.63) is 95.1 Å². The van der Waals surface area contributed by atoms with Crippen molar-refractivity contribution in [2.24, 2.45) is 5.10 Å². The van der Waals surface area contributed by atoms with Gasteiger partial charge in [0.2, 0.25) is 10.0 Å². The lowest BCUT2D eigenvalue weighted by atomic mass is 10.1. The molecule has 8 nitrogen and oxygen atoms in total. The van der Waals surface area contributed by atoms with E-state index in [-0.39, 0.29) is 4.90 Å². The van der Waals surface area contributed by atoms with Gasteiger partial charge in [-0.15, -0.1) is 0 Å². The second-order valence-electron chi connectivity index (χ2n) is 7.26. The summed E-state index contributed by atoms with van der Waals surface area (Å²) in [5.74, 6) is -0.713. The average molecular weight is 466 g/mol. The largest absolute Gasteiger partial charge is 0.423 e. The van der Waals surface area contributed by atoms with E-state index < -0.39 is 28.4 Å². The SMILES string of the molecule is Cc1ccc(C(=O)Oc2ccc(/C=N/NC(=O)CNS(=O)(=O)c3ccc(C)cc3)cc2)cc1. The van der Waals surface area contributed by atoms with E-state index in [0.717, 1.165) is 11.1 Å². The quantitative estimate of drug-likeness (QED) is 0.230. The molecular formula is C24H23N3O5S. The fourth-order valence-electron chi connectivity index (χ4n) is 2.66. The summed E-state index contributed by atoms with van der Waals surface area (Å²) in [4.78, 5) is 24.1. The maximum Gasteiger partial charge on any atom is 0.343 e. The number of hydrogen-bond donors (Lipinski definition) is 2. The van der Waals surface area contributed by atoms with Crippen molar-refractivity contribution >= 4 is 28.1 Å². The van der Waals surface area contributed by atoms with E-state index in [9.17, 15) is 18.0 Å². The first-order valence-corrected chi connectivity index (χ1v) is 11.5. The standard InChI is InChI=1S/C24H23N3O5S/c1-17-3-9-20(10-4-17)24(29)32-21-11-7-19(8-12-21)15-25-27-23(28)16-26-33(30,31)22-13-5-18(2)6-14-22/h3-15,26H,16H2,1-2H3,(H,27,28)/b25-15+. The third-order valence-corrected chi connectivity index (χ3v) is 5.95. The van der Waals surface area contributed by atoms with Gasteiger partial charge in [0.05, 0.1) is 23.2 Å². The lowest BCUT2D eigenvalue weighted by Gasteiger charge is -2.06. The highest BCUT2D eigenvalue weighted by atomic mass is 32.2. The van der Waals surface area contributed by atoms with E-state index in [0.29, 0.717) is 16.9 Å². The van der Waals surface area contributed by atoms with Crippen LogP contribution in [0.1, 0.15) is 27.0 Å². The molecule has 33 heavy (non-hydrogen) atoms. The predicted octanol–water partition coefficient (Wildman–Crippen LogP) is 2.95. The van der Waals surface area contributed by atoms with Gasteiger partial charge in [-0.1, -0.05) is 35.4 Å². The van der Waals surface area contributed by atoms with Gasteiger partial charge in [-0.2, -0.15) is 5.10 Å². The van der Waals surface area contributed by atoms with Gasteiger partial charge in [0.25, 0.3) is 5.91 Å². The van der Waals surface area contributed by atoms with E-state index in [1.807, 2.05) is 26.0 Å². The molecule has 0 fully saturated rings. The molecule has 2 N–H and O–H groups in total. The van der Waals surface area contributed by atoms with Crippen molar-refractivity contribution in [1.82, 2.24) is 10.1 Å². The van der Waals surface area contributed by atoms with Crippen molar-refractivity contribution in [1.29, 1.82) is 0 Å². The van der Waals surface area contributed by atoms with Crippen molar-refractivity contribution in [3.63, 3.8) is 0 Å². The summed E-state index contributed by atoms with van der Waals surface area (Å²) in [5, 5.41) is 3.81. The number of rotatable bonds is 8. The Morgan fingerprint density at radius 1 is 0.879 bits per heavy atom. The van der Waals surface area contributed by atoms with E-state index in [4.69, 9.17) is 4.74 Å². The van der Waals surface area contributed by atoms with E-state index in [1.54, 1.807) is 48.5 Å². The summed E-state index contributed by atoms with van der Waals surface area (Å²) in [7, 11) is -3.79. The van der Waals surface area contributed by atoms with Crippen molar-refractivity contribution in [2.75, 3.05) is 6.54 Å². The second-order valence-corrected chi connectivity index (χ2v) is 9.02. The first-order chi connectivity index (χ1) is 15.7. The Balaban J connectivity index is 1.47. The minimum absolute atomic E-state index is 0.0765. The minimum atomic E-state index is -3.79. The molecule has 0 aliphatic carbocycles. The molecule has 0 bridgehead atoms. The first-order valence-electron chi connectivity index (χ1n) is 10.00. The molecule has 0 saturated heterocycles. The number of ether oxygens (including phenoxy) is 1. The van der Waals surface area contributed by atoms with Crippen LogP contribution in [0, 0.1) is 13.8 Å². The lowest BCUT2D eigenvalue weighted by molar-refractivity contribution is -0.119. The molecule has 0 saturated carbocycles. The molecule has 0 spiro atoms. The topological polar surface area (TPSA) is 114 Å². The summed E-state index contributed by atoms with van der Waals surface area (Å²) in [5.41, 5.74) is 5.33. The Bertz CT molecular complexity index is 1250. The molecule has 3 aromatic rings. The zero-order valence-corrected chi connectivity index (χ0v) is 18.9. The normalized spacial score (nSPS) is 11.3. The van der Waals surface area contributed by atoms with Crippen LogP contribution in [0.3, 0.4) is 0 Å². The van der Waals surface area contributed by atoms with Crippen molar-refractivity contribution in [2.45, 2.75) is 18.7 Å². The van der Waals surface area contributed by atoms with Crippen molar-refractivity contribution < 1.29 is 22.7 Å². The molecule has 0 heterocycles. The van der Waals surface area contributed by atoms with Crippen LogP contribution in [0.4, 0.5) is 0 Å². The van der Waals surface area contributed by atoms with Crippen LogP contribution in [-0.4, -0.2) is 33.1 Å². The number of esters is 1. The van der Waals surface area contributed by atoms with E-state index in [2.05, 4.69) is 15.2 Å². The van der Waals surface area contributed by atoms with Gasteiger partial charge < -0.3 is 4.74 Å². The van der Waals surface area contributed by atoms with Gasteiger partial charge in [-0.3, -0.25) is 4.79 Å². The highest BCUT2D eigenvalue weighted by Gasteiger charge is 2.15. The third kappa shape index (κ3) is 7.09. The zero-order valence-electron chi connectivity index (χ0n) is 18.1. The summed E-state index contributed by atoms with van der Waals surface area (Å²) in [6.45, 7) is 3.32. The van der Waals surface area contributed by atoms with Crippen LogP contribution in [0.5, 0.6) is 5.75 Å². The number of aryl methyl sites for hydroxylation is 2. The van der Waals surface area contributed by atoms with Crippen LogP contribution in [-0.2, 0) is 14.8 Å². The zero-order chi connectivity index (χ0) is 23.8. The number of nitrogens with zero attached hydrogens (tertiary/aromatic N) is 1. The van der Waals surface area contributed by atoms with Gasteiger partial charge in [0.1, 0.15) is 5.75 Å². The Hall–Kier alpha value is -3.82. The smallest absolute Gasteiger partial charge is 0.343 e. The number of amides is 1. The average Bonchev–Trinajstić information content (AvgIpc) is 2.80. The monoisotopic (exact) mass is 465 g/mol. The van der Waals surface area contributed by atoms with Gasteiger partial charge >= 0.3 is 5.97 Å². The summed E-state index contributed by atoms with van der Waals surface area (Å²) < 4.78 is 31.9. The summed E-state index contributed by atoms with van der Waals surface area (Å²) in [6.07, 6.45) is 1.39. The molecule has 0 aliphatic rings. The first kappa shape index (κ1) is 23.8. The summed E-state index contributed by atoms with van der Waals surface area (Å²) in [6, 6.07) is 19.9. The maximum atomic E-state index is 12.2. The van der Waals surface area contributed by atoms with Crippen LogP contribution < -0.4 is 14.9 Å². The second kappa shape index (κ2) is 10.7. The molecule has 170 valence electrons. The highest BCUT2D eigenvalue weighted by Crippen LogP contribution is 2.14. The number of carbonyl (C=O) groups excluding carboxylic acids is 2. The molecule has 3 aromatic carbocycles. The van der Waals surface area contributed by atoms with Gasteiger partial charge in [0.15, 0.2) is 0 Å².